The van der Waals surface area contributed by atoms with Crippen LogP contribution in [0.25, 0.3) is 6.08 Å². The fraction of sp³-hybridized carbons (Fsp3) is 0.259. The highest BCUT2D eigenvalue weighted by molar-refractivity contribution is 6.30. The number of amides is 1. The van der Waals surface area contributed by atoms with Crippen molar-refractivity contribution in [2.75, 3.05) is 26.0 Å². The molecule has 0 fully saturated rings. The zero-order chi connectivity index (χ0) is 23.8. The SMILES string of the molecule is Cc1cc(Nc2ccc(CN(C(=O)C=Cc3ccc(Cl)cc3)C(C)CN(C)C)cc2)ccn1. The molecule has 1 unspecified atom stereocenters. The number of hydrogen-bond acceptors (Lipinski definition) is 4. The van der Waals surface area contributed by atoms with E-state index < -0.39 is 0 Å². The molecule has 0 aliphatic carbocycles. The molecule has 5 nitrogen and oxygen atoms in total. The Bertz CT molecular complexity index is 1080. The molecule has 1 N–H and O–H groups in total. The van der Waals surface area contributed by atoms with E-state index in [0.29, 0.717) is 11.6 Å². The number of aromatic nitrogens is 1. The molecule has 1 amide bonds. The van der Waals surface area contributed by atoms with Crippen LogP contribution in [0, 0.1) is 6.92 Å². The van der Waals surface area contributed by atoms with E-state index in [1.807, 2.05) is 80.5 Å². The highest BCUT2D eigenvalue weighted by atomic mass is 35.5. The molecular weight excluding hydrogens is 432 g/mol. The summed E-state index contributed by atoms with van der Waals surface area (Å²) in [7, 11) is 4.04. The maximum atomic E-state index is 13.1. The summed E-state index contributed by atoms with van der Waals surface area (Å²) in [6.45, 7) is 5.36. The van der Waals surface area contributed by atoms with E-state index in [1.54, 1.807) is 12.3 Å². The molecule has 3 rings (SSSR count). The number of pyridine rings is 1. The Balaban J connectivity index is 1.72. The van der Waals surface area contributed by atoms with E-state index in [1.165, 1.54) is 0 Å². The first-order chi connectivity index (χ1) is 15.8. The average Bonchev–Trinajstić information content (AvgIpc) is 2.77. The Hall–Kier alpha value is -3.15. The fourth-order valence-electron chi connectivity index (χ4n) is 3.60. The Labute approximate surface area is 201 Å². The maximum absolute atomic E-state index is 13.1. The number of likely N-dealkylation sites (N-methyl/N-ethyl adjacent to an activating group) is 1. The van der Waals surface area contributed by atoms with Crippen molar-refractivity contribution in [2.24, 2.45) is 0 Å². The molecule has 2 aromatic carbocycles. The molecular formula is C27H31ClN4O. The first-order valence-electron chi connectivity index (χ1n) is 11.0. The van der Waals surface area contributed by atoms with Crippen LogP contribution in [0.4, 0.5) is 11.4 Å². The van der Waals surface area contributed by atoms with Crippen molar-refractivity contribution >= 4 is 35.0 Å². The summed E-state index contributed by atoms with van der Waals surface area (Å²) in [4.78, 5) is 21.4. The molecule has 0 saturated heterocycles. The second-order valence-electron chi connectivity index (χ2n) is 8.47. The van der Waals surface area contributed by atoms with Crippen molar-refractivity contribution < 1.29 is 4.79 Å². The summed E-state index contributed by atoms with van der Waals surface area (Å²) in [6.07, 6.45) is 5.26. The van der Waals surface area contributed by atoms with Gasteiger partial charge >= 0.3 is 0 Å². The van der Waals surface area contributed by atoms with Gasteiger partial charge in [-0.05, 0) is 81.5 Å². The van der Waals surface area contributed by atoms with Gasteiger partial charge in [-0.3, -0.25) is 9.78 Å². The van der Waals surface area contributed by atoms with Gasteiger partial charge in [0.1, 0.15) is 0 Å². The number of benzene rings is 2. The van der Waals surface area contributed by atoms with Crippen molar-refractivity contribution in [1.82, 2.24) is 14.8 Å². The van der Waals surface area contributed by atoms with Crippen molar-refractivity contribution in [3.05, 3.63) is 94.8 Å². The van der Waals surface area contributed by atoms with Gasteiger partial charge in [0.25, 0.3) is 0 Å². The lowest BCUT2D eigenvalue weighted by Crippen LogP contribution is -2.42. The first kappa shape index (κ1) is 24.5. The lowest BCUT2D eigenvalue weighted by molar-refractivity contribution is -0.128. The Morgan fingerprint density at radius 1 is 1.06 bits per heavy atom. The molecule has 6 heteroatoms. The summed E-state index contributed by atoms with van der Waals surface area (Å²) in [6, 6.07) is 19.6. The Morgan fingerprint density at radius 3 is 2.39 bits per heavy atom. The molecule has 172 valence electrons. The first-order valence-corrected chi connectivity index (χ1v) is 11.4. The molecule has 33 heavy (non-hydrogen) atoms. The van der Waals surface area contributed by atoms with Crippen molar-refractivity contribution in [1.29, 1.82) is 0 Å². The number of carbonyl (C=O) groups excluding carboxylic acids is 1. The molecule has 3 aromatic rings. The number of anilines is 2. The summed E-state index contributed by atoms with van der Waals surface area (Å²) in [5.41, 5.74) is 4.97. The number of rotatable bonds is 9. The molecule has 0 radical (unpaired) electrons. The van der Waals surface area contributed by atoms with Crippen LogP contribution >= 0.6 is 11.6 Å². The summed E-state index contributed by atoms with van der Waals surface area (Å²) < 4.78 is 0. The van der Waals surface area contributed by atoms with Gasteiger partial charge in [-0.25, -0.2) is 0 Å². The predicted molar refractivity (Wildman–Crippen MR) is 138 cm³/mol. The summed E-state index contributed by atoms with van der Waals surface area (Å²) >= 11 is 5.96. The second-order valence-corrected chi connectivity index (χ2v) is 8.91. The molecule has 0 saturated carbocycles. The zero-order valence-electron chi connectivity index (χ0n) is 19.6. The average molecular weight is 463 g/mol. The van der Waals surface area contributed by atoms with Crippen LogP contribution in [0.1, 0.15) is 23.7 Å². The van der Waals surface area contributed by atoms with Gasteiger partial charge < -0.3 is 15.1 Å². The molecule has 0 aliphatic heterocycles. The van der Waals surface area contributed by atoms with Crippen LogP contribution in [0.15, 0.2) is 72.9 Å². The van der Waals surface area contributed by atoms with Crippen LogP contribution in [0.3, 0.4) is 0 Å². The van der Waals surface area contributed by atoms with E-state index in [9.17, 15) is 4.79 Å². The van der Waals surface area contributed by atoms with Crippen LogP contribution in [-0.4, -0.2) is 47.4 Å². The van der Waals surface area contributed by atoms with E-state index in [2.05, 4.69) is 34.3 Å². The van der Waals surface area contributed by atoms with Gasteiger partial charge in [-0.2, -0.15) is 0 Å². The smallest absolute Gasteiger partial charge is 0.247 e. The van der Waals surface area contributed by atoms with Crippen molar-refractivity contribution in [3.63, 3.8) is 0 Å². The third-order valence-electron chi connectivity index (χ3n) is 5.23. The molecule has 0 bridgehead atoms. The van der Waals surface area contributed by atoms with Gasteiger partial charge in [0.05, 0.1) is 0 Å². The van der Waals surface area contributed by atoms with E-state index in [4.69, 9.17) is 11.6 Å². The van der Waals surface area contributed by atoms with E-state index in [-0.39, 0.29) is 11.9 Å². The lowest BCUT2D eigenvalue weighted by atomic mass is 10.1. The minimum atomic E-state index is -0.0197. The van der Waals surface area contributed by atoms with Crippen LogP contribution in [0.5, 0.6) is 0 Å². The van der Waals surface area contributed by atoms with Gasteiger partial charge in [0.2, 0.25) is 5.91 Å². The largest absolute Gasteiger partial charge is 0.355 e. The Morgan fingerprint density at radius 2 is 1.76 bits per heavy atom. The minimum absolute atomic E-state index is 0.0197. The second kappa shape index (κ2) is 11.6. The number of halogens is 1. The molecule has 1 aromatic heterocycles. The third kappa shape index (κ3) is 7.74. The number of hydrogen-bond donors (Lipinski definition) is 1. The molecule has 1 heterocycles. The van der Waals surface area contributed by atoms with Crippen molar-refractivity contribution in [2.45, 2.75) is 26.4 Å². The third-order valence-corrected chi connectivity index (χ3v) is 5.48. The Kier molecular flexibility index (Phi) is 8.64. The number of aryl methyl sites for hydroxylation is 1. The topological polar surface area (TPSA) is 48.5 Å². The highest BCUT2D eigenvalue weighted by Crippen LogP contribution is 2.19. The fourth-order valence-corrected chi connectivity index (χ4v) is 3.72. The van der Waals surface area contributed by atoms with E-state index >= 15 is 0 Å². The quantitative estimate of drug-likeness (QED) is 0.409. The van der Waals surface area contributed by atoms with E-state index in [0.717, 1.165) is 34.7 Å². The van der Waals surface area contributed by atoms with Crippen LogP contribution in [0.2, 0.25) is 5.02 Å². The van der Waals surface area contributed by atoms with Gasteiger partial charge in [0.15, 0.2) is 0 Å². The van der Waals surface area contributed by atoms with Gasteiger partial charge in [-0.1, -0.05) is 35.9 Å². The standard InChI is InChI=1S/C27H31ClN4O/c1-20-17-26(15-16-29-20)30-25-12-7-23(8-13-25)19-32(21(2)18-31(3)4)27(33)14-9-22-5-10-24(28)11-6-22/h5-17,21H,18-19H2,1-4H3,(H,29,30). The van der Waals surface area contributed by atoms with Crippen molar-refractivity contribution in [3.8, 4) is 0 Å². The monoisotopic (exact) mass is 462 g/mol. The van der Waals surface area contributed by atoms with Crippen LogP contribution in [-0.2, 0) is 11.3 Å². The zero-order valence-corrected chi connectivity index (χ0v) is 20.4. The number of carbonyl (C=O) groups is 1. The maximum Gasteiger partial charge on any atom is 0.247 e. The number of nitrogens with zero attached hydrogens (tertiary/aromatic N) is 3. The molecule has 0 aliphatic rings. The van der Waals surface area contributed by atoms with Crippen LogP contribution < -0.4 is 5.32 Å². The van der Waals surface area contributed by atoms with Gasteiger partial charge in [-0.15, -0.1) is 0 Å². The summed E-state index contributed by atoms with van der Waals surface area (Å²) in [5, 5.41) is 4.07. The van der Waals surface area contributed by atoms with Gasteiger partial charge in [0, 0.05) is 53.5 Å². The lowest BCUT2D eigenvalue weighted by Gasteiger charge is -2.30. The molecule has 0 spiro atoms. The normalized spacial score (nSPS) is 12.2. The summed E-state index contributed by atoms with van der Waals surface area (Å²) in [5.74, 6) is -0.0197. The number of nitrogens with one attached hydrogen (secondary N) is 1. The molecule has 1 atom stereocenters. The minimum Gasteiger partial charge on any atom is -0.355 e. The highest BCUT2D eigenvalue weighted by Gasteiger charge is 2.19. The predicted octanol–water partition coefficient (Wildman–Crippen LogP) is 5.78.